The van der Waals surface area contributed by atoms with Gasteiger partial charge in [0.2, 0.25) is 5.89 Å². The molecule has 0 amide bonds. The SMILES string of the molecule is Cc1cc(O)cc(=O)n1CCc1noc(C2CC2)n1. The Labute approximate surface area is 109 Å². The molecule has 6 nitrogen and oxygen atoms in total. The second-order valence-corrected chi connectivity index (χ2v) is 4.92. The summed E-state index contributed by atoms with van der Waals surface area (Å²) in [6, 6.07) is 2.77. The van der Waals surface area contributed by atoms with E-state index in [0.717, 1.165) is 18.5 Å². The maximum atomic E-state index is 11.7. The molecule has 0 spiro atoms. The molecule has 0 radical (unpaired) electrons. The molecule has 0 aromatic carbocycles. The van der Waals surface area contributed by atoms with E-state index in [1.54, 1.807) is 17.6 Å². The van der Waals surface area contributed by atoms with Gasteiger partial charge in [-0.3, -0.25) is 4.79 Å². The first-order chi connectivity index (χ1) is 9.13. The Kier molecular flexibility index (Phi) is 2.85. The number of rotatable bonds is 4. The molecule has 0 bridgehead atoms. The number of pyridine rings is 1. The van der Waals surface area contributed by atoms with E-state index >= 15 is 0 Å². The second-order valence-electron chi connectivity index (χ2n) is 4.92. The quantitative estimate of drug-likeness (QED) is 0.898. The summed E-state index contributed by atoms with van der Waals surface area (Å²) in [5, 5.41) is 13.2. The number of nitrogens with zero attached hydrogens (tertiary/aromatic N) is 3. The highest BCUT2D eigenvalue weighted by Gasteiger charge is 2.29. The highest BCUT2D eigenvalue weighted by atomic mass is 16.5. The fourth-order valence-electron chi connectivity index (χ4n) is 2.08. The lowest BCUT2D eigenvalue weighted by atomic mass is 10.3. The van der Waals surface area contributed by atoms with Crippen LogP contribution in [0.1, 0.15) is 36.2 Å². The minimum absolute atomic E-state index is 0.00525. The zero-order valence-electron chi connectivity index (χ0n) is 10.7. The Hall–Kier alpha value is -2.11. The normalized spacial score (nSPS) is 14.8. The summed E-state index contributed by atoms with van der Waals surface area (Å²) in [4.78, 5) is 16.1. The maximum Gasteiger partial charge on any atom is 0.254 e. The molecule has 1 aliphatic carbocycles. The number of aromatic nitrogens is 3. The van der Waals surface area contributed by atoms with E-state index in [1.807, 2.05) is 0 Å². The number of hydrogen-bond acceptors (Lipinski definition) is 5. The summed E-state index contributed by atoms with van der Waals surface area (Å²) in [6.07, 6.45) is 2.79. The van der Waals surface area contributed by atoms with Gasteiger partial charge in [0.25, 0.3) is 5.56 Å². The summed E-state index contributed by atoms with van der Waals surface area (Å²) in [5.41, 5.74) is 0.499. The van der Waals surface area contributed by atoms with Crippen molar-refractivity contribution in [1.29, 1.82) is 0 Å². The Morgan fingerprint density at radius 3 is 2.95 bits per heavy atom. The Bertz CT molecular complexity index is 655. The maximum absolute atomic E-state index is 11.7. The Balaban J connectivity index is 1.73. The van der Waals surface area contributed by atoms with Crippen molar-refractivity contribution in [3.63, 3.8) is 0 Å². The molecule has 19 heavy (non-hydrogen) atoms. The van der Waals surface area contributed by atoms with E-state index in [0.29, 0.717) is 30.6 Å². The van der Waals surface area contributed by atoms with E-state index in [4.69, 9.17) is 4.52 Å². The summed E-state index contributed by atoms with van der Waals surface area (Å²) >= 11 is 0. The molecular formula is C13H15N3O3. The van der Waals surface area contributed by atoms with E-state index in [-0.39, 0.29) is 11.3 Å². The number of aryl methyl sites for hydroxylation is 2. The molecular weight excluding hydrogens is 246 g/mol. The molecule has 0 unspecified atom stereocenters. The van der Waals surface area contributed by atoms with Crippen molar-refractivity contribution in [2.75, 3.05) is 0 Å². The molecule has 0 saturated heterocycles. The minimum Gasteiger partial charge on any atom is -0.508 e. The Morgan fingerprint density at radius 2 is 2.26 bits per heavy atom. The van der Waals surface area contributed by atoms with Crippen LogP contribution in [-0.2, 0) is 13.0 Å². The zero-order valence-corrected chi connectivity index (χ0v) is 10.7. The fraction of sp³-hybridized carbons (Fsp3) is 0.462. The van der Waals surface area contributed by atoms with Crippen molar-refractivity contribution < 1.29 is 9.63 Å². The van der Waals surface area contributed by atoms with Crippen LogP contribution in [0.15, 0.2) is 21.5 Å². The van der Waals surface area contributed by atoms with E-state index in [9.17, 15) is 9.90 Å². The van der Waals surface area contributed by atoms with Crippen molar-refractivity contribution in [2.45, 2.75) is 38.6 Å². The summed E-state index contributed by atoms with van der Waals surface area (Å²) in [6.45, 7) is 2.27. The topological polar surface area (TPSA) is 81.1 Å². The highest BCUT2D eigenvalue weighted by Crippen LogP contribution is 2.38. The van der Waals surface area contributed by atoms with Gasteiger partial charge in [-0.15, -0.1) is 0 Å². The smallest absolute Gasteiger partial charge is 0.254 e. The average Bonchev–Trinajstić information content (AvgIpc) is 3.08. The minimum atomic E-state index is -0.219. The van der Waals surface area contributed by atoms with Gasteiger partial charge in [-0.25, -0.2) is 0 Å². The van der Waals surface area contributed by atoms with Crippen LogP contribution in [0, 0.1) is 6.92 Å². The molecule has 1 fully saturated rings. The van der Waals surface area contributed by atoms with Crippen LogP contribution < -0.4 is 5.56 Å². The third-order valence-electron chi connectivity index (χ3n) is 3.29. The van der Waals surface area contributed by atoms with Crippen LogP contribution >= 0.6 is 0 Å². The van der Waals surface area contributed by atoms with E-state index in [2.05, 4.69) is 10.1 Å². The molecule has 1 saturated carbocycles. The number of aromatic hydroxyl groups is 1. The van der Waals surface area contributed by atoms with Crippen LogP contribution in [0.4, 0.5) is 0 Å². The lowest BCUT2D eigenvalue weighted by molar-refractivity contribution is 0.373. The summed E-state index contributed by atoms with van der Waals surface area (Å²) in [5.74, 6) is 1.78. The first-order valence-electron chi connectivity index (χ1n) is 6.36. The van der Waals surface area contributed by atoms with Crippen molar-refractivity contribution >= 4 is 0 Å². The molecule has 3 rings (SSSR count). The fourth-order valence-corrected chi connectivity index (χ4v) is 2.08. The second kappa shape index (κ2) is 4.53. The van der Waals surface area contributed by atoms with Gasteiger partial charge < -0.3 is 14.2 Å². The molecule has 2 aromatic rings. The third-order valence-corrected chi connectivity index (χ3v) is 3.29. The average molecular weight is 261 g/mol. The first-order valence-corrected chi connectivity index (χ1v) is 6.36. The van der Waals surface area contributed by atoms with Gasteiger partial charge in [0.15, 0.2) is 5.82 Å². The molecule has 6 heteroatoms. The zero-order chi connectivity index (χ0) is 13.4. The van der Waals surface area contributed by atoms with Crippen molar-refractivity contribution in [3.05, 3.63) is 39.9 Å². The van der Waals surface area contributed by atoms with Crippen molar-refractivity contribution in [1.82, 2.24) is 14.7 Å². The van der Waals surface area contributed by atoms with Crippen LogP contribution in [-0.4, -0.2) is 19.8 Å². The molecule has 100 valence electrons. The van der Waals surface area contributed by atoms with Crippen LogP contribution in [0.5, 0.6) is 5.75 Å². The van der Waals surface area contributed by atoms with Crippen LogP contribution in [0.3, 0.4) is 0 Å². The third kappa shape index (κ3) is 2.52. The van der Waals surface area contributed by atoms with Gasteiger partial charge in [-0.1, -0.05) is 5.16 Å². The lowest BCUT2D eigenvalue weighted by Crippen LogP contribution is -2.22. The van der Waals surface area contributed by atoms with E-state index < -0.39 is 0 Å². The van der Waals surface area contributed by atoms with Gasteiger partial charge in [-0.05, 0) is 25.8 Å². The molecule has 0 atom stereocenters. The van der Waals surface area contributed by atoms with Gasteiger partial charge >= 0.3 is 0 Å². The predicted octanol–water partition coefficient (Wildman–Crippen LogP) is 1.37. The molecule has 1 aliphatic rings. The molecule has 1 N–H and O–H groups in total. The van der Waals surface area contributed by atoms with Gasteiger partial charge in [-0.2, -0.15) is 4.98 Å². The van der Waals surface area contributed by atoms with Crippen LogP contribution in [0.2, 0.25) is 0 Å². The summed E-state index contributed by atoms with van der Waals surface area (Å²) in [7, 11) is 0. The van der Waals surface area contributed by atoms with Gasteiger partial charge in [0, 0.05) is 30.6 Å². The Morgan fingerprint density at radius 1 is 1.47 bits per heavy atom. The molecule has 0 aliphatic heterocycles. The molecule has 2 heterocycles. The van der Waals surface area contributed by atoms with Crippen molar-refractivity contribution in [3.8, 4) is 5.75 Å². The highest BCUT2D eigenvalue weighted by molar-refractivity contribution is 5.21. The lowest BCUT2D eigenvalue weighted by Gasteiger charge is -2.08. The predicted molar refractivity (Wildman–Crippen MR) is 67.1 cm³/mol. The summed E-state index contributed by atoms with van der Waals surface area (Å²) < 4.78 is 6.76. The number of hydrogen-bond donors (Lipinski definition) is 1. The largest absolute Gasteiger partial charge is 0.508 e. The molecule has 2 aromatic heterocycles. The first kappa shape index (κ1) is 12.0. The van der Waals surface area contributed by atoms with Gasteiger partial charge in [0.05, 0.1) is 0 Å². The monoisotopic (exact) mass is 261 g/mol. The van der Waals surface area contributed by atoms with Crippen LogP contribution in [0.25, 0.3) is 0 Å². The standard InChI is InChI=1S/C13H15N3O3/c1-8-6-10(17)7-12(18)16(8)5-4-11-14-13(19-15-11)9-2-3-9/h6-7,9,17H,2-5H2,1H3. The van der Waals surface area contributed by atoms with Crippen molar-refractivity contribution in [2.24, 2.45) is 0 Å². The van der Waals surface area contributed by atoms with E-state index in [1.165, 1.54) is 6.07 Å². The van der Waals surface area contributed by atoms with Gasteiger partial charge in [0.1, 0.15) is 5.75 Å².